The lowest BCUT2D eigenvalue weighted by atomic mass is 9.98. The van der Waals surface area contributed by atoms with Gasteiger partial charge in [-0.05, 0) is 17.5 Å². The van der Waals surface area contributed by atoms with E-state index in [0.29, 0.717) is 17.3 Å². The third kappa shape index (κ3) is 2.71. The van der Waals surface area contributed by atoms with Gasteiger partial charge in [0, 0.05) is 11.4 Å². The Labute approximate surface area is 109 Å². The Morgan fingerprint density at radius 2 is 2.22 bits per heavy atom. The zero-order valence-corrected chi connectivity index (χ0v) is 10.5. The second-order valence-electron chi connectivity index (χ2n) is 4.06. The van der Waals surface area contributed by atoms with Crippen LogP contribution in [0.2, 0.25) is 5.02 Å². The number of aromatic nitrogens is 1. The lowest BCUT2D eigenvalue weighted by molar-refractivity contribution is 0.0690. The van der Waals surface area contributed by atoms with E-state index in [0.717, 1.165) is 11.8 Å². The minimum absolute atomic E-state index is 0.0728. The Morgan fingerprint density at radius 1 is 1.50 bits per heavy atom. The third-order valence-electron chi connectivity index (χ3n) is 2.69. The molecule has 0 saturated carbocycles. The van der Waals surface area contributed by atoms with Gasteiger partial charge in [-0.3, -0.25) is 0 Å². The maximum atomic E-state index is 10.7. The summed E-state index contributed by atoms with van der Waals surface area (Å²) in [6.45, 7) is 1.99. The molecule has 1 heterocycles. The van der Waals surface area contributed by atoms with Gasteiger partial charge in [0.05, 0.1) is 0 Å². The van der Waals surface area contributed by atoms with Gasteiger partial charge in [-0.1, -0.05) is 36.7 Å². The largest absolute Gasteiger partial charge is 0.476 e. The molecule has 1 N–H and O–H groups in total. The monoisotopic (exact) mass is 265 g/mol. The number of oxazole rings is 1. The number of halogens is 1. The normalized spacial score (nSPS) is 12.3. The molecule has 0 radical (unpaired) electrons. The highest BCUT2D eigenvalue weighted by molar-refractivity contribution is 6.31. The molecule has 0 spiro atoms. The van der Waals surface area contributed by atoms with Crippen LogP contribution >= 0.6 is 11.6 Å². The van der Waals surface area contributed by atoms with E-state index >= 15 is 0 Å². The maximum Gasteiger partial charge on any atom is 0.357 e. The van der Waals surface area contributed by atoms with Gasteiger partial charge in [0.15, 0.2) is 11.6 Å². The van der Waals surface area contributed by atoms with E-state index in [1.165, 1.54) is 0 Å². The zero-order valence-electron chi connectivity index (χ0n) is 9.76. The molecule has 0 aliphatic carbocycles. The van der Waals surface area contributed by atoms with Crippen molar-refractivity contribution in [3.05, 3.63) is 52.7 Å². The molecule has 0 aliphatic rings. The first-order valence-electron chi connectivity index (χ1n) is 5.50. The summed E-state index contributed by atoms with van der Waals surface area (Å²) in [6.07, 6.45) is 1.66. The number of carboxylic acid groups (broad SMARTS) is 1. The third-order valence-corrected chi connectivity index (χ3v) is 3.03. The first-order valence-corrected chi connectivity index (χ1v) is 5.88. The molecule has 1 unspecified atom stereocenters. The van der Waals surface area contributed by atoms with Gasteiger partial charge in [0.2, 0.25) is 0 Å². The van der Waals surface area contributed by atoms with Crippen molar-refractivity contribution in [2.45, 2.75) is 19.3 Å². The van der Waals surface area contributed by atoms with Crippen LogP contribution in [0.3, 0.4) is 0 Å². The van der Waals surface area contributed by atoms with Gasteiger partial charge >= 0.3 is 5.97 Å². The maximum absolute atomic E-state index is 10.7. The average molecular weight is 266 g/mol. The summed E-state index contributed by atoms with van der Waals surface area (Å²) in [7, 11) is 0. The van der Waals surface area contributed by atoms with Crippen molar-refractivity contribution in [2.75, 3.05) is 0 Å². The van der Waals surface area contributed by atoms with Crippen LogP contribution in [0.1, 0.15) is 34.8 Å². The Kier molecular flexibility index (Phi) is 3.67. The molecule has 0 amide bonds. The molecular weight excluding hydrogens is 254 g/mol. The van der Waals surface area contributed by atoms with Gasteiger partial charge in [0.25, 0.3) is 0 Å². The molecule has 0 fully saturated rings. The molecule has 2 rings (SSSR count). The van der Waals surface area contributed by atoms with Gasteiger partial charge < -0.3 is 9.52 Å². The van der Waals surface area contributed by atoms with Crippen LogP contribution in [0.15, 0.2) is 34.9 Å². The number of carboxylic acids is 1. The molecule has 5 heteroatoms. The van der Waals surface area contributed by atoms with Crippen LogP contribution in [-0.4, -0.2) is 16.1 Å². The fraction of sp³-hybridized carbons (Fsp3) is 0.231. The Bertz CT molecular complexity index is 565. The molecular formula is C13H12ClNO3. The highest BCUT2D eigenvalue weighted by atomic mass is 35.5. The molecule has 2 aromatic rings. The number of rotatable bonds is 4. The summed E-state index contributed by atoms with van der Waals surface area (Å²) < 4.78 is 5.12. The smallest absolute Gasteiger partial charge is 0.357 e. The van der Waals surface area contributed by atoms with Crippen LogP contribution in [-0.2, 0) is 6.42 Å². The summed E-state index contributed by atoms with van der Waals surface area (Å²) in [5, 5.41) is 9.44. The van der Waals surface area contributed by atoms with Crippen molar-refractivity contribution in [3.8, 4) is 0 Å². The highest BCUT2D eigenvalue weighted by Gasteiger charge is 2.15. The predicted octanol–water partition coefficient (Wildman–Crippen LogP) is 3.37. The number of carbonyl (C=O) groups is 1. The molecule has 0 saturated heterocycles. The molecule has 1 aromatic heterocycles. The summed E-state index contributed by atoms with van der Waals surface area (Å²) >= 11 is 6.10. The van der Waals surface area contributed by atoms with Crippen molar-refractivity contribution in [1.29, 1.82) is 0 Å². The number of hydrogen-bond acceptors (Lipinski definition) is 3. The van der Waals surface area contributed by atoms with E-state index in [4.69, 9.17) is 21.1 Å². The minimum atomic E-state index is -1.09. The molecule has 4 nitrogen and oxygen atoms in total. The van der Waals surface area contributed by atoms with Crippen LogP contribution in [0.5, 0.6) is 0 Å². The van der Waals surface area contributed by atoms with E-state index in [2.05, 4.69) is 4.98 Å². The second-order valence-corrected chi connectivity index (χ2v) is 4.47. The van der Waals surface area contributed by atoms with Crippen molar-refractivity contribution in [3.63, 3.8) is 0 Å². The van der Waals surface area contributed by atoms with E-state index in [-0.39, 0.29) is 11.6 Å². The number of aromatic carboxylic acids is 1. The number of benzene rings is 1. The zero-order chi connectivity index (χ0) is 13.1. The number of hydrogen-bond donors (Lipinski definition) is 1. The first-order chi connectivity index (χ1) is 8.58. The number of nitrogens with zero attached hydrogens (tertiary/aromatic N) is 1. The van der Waals surface area contributed by atoms with Gasteiger partial charge in [-0.25, -0.2) is 9.78 Å². The van der Waals surface area contributed by atoms with E-state index < -0.39 is 5.97 Å². The molecule has 0 bridgehead atoms. The fourth-order valence-corrected chi connectivity index (χ4v) is 2.07. The summed E-state index contributed by atoms with van der Waals surface area (Å²) in [5.74, 6) is -0.575. The van der Waals surface area contributed by atoms with E-state index in [1.807, 2.05) is 31.2 Å². The van der Waals surface area contributed by atoms with Crippen LogP contribution in [0.4, 0.5) is 0 Å². The lowest BCUT2D eigenvalue weighted by Crippen LogP contribution is -2.01. The predicted molar refractivity (Wildman–Crippen MR) is 67.0 cm³/mol. The Balaban J connectivity index is 2.13. The second kappa shape index (κ2) is 5.23. The molecule has 1 aromatic carbocycles. The van der Waals surface area contributed by atoms with Crippen LogP contribution < -0.4 is 0 Å². The quantitative estimate of drug-likeness (QED) is 0.920. The standard InChI is InChI=1S/C13H12ClNO3/c1-8(9-4-2-3-5-10(9)14)6-12-15-11(7-18-12)13(16)17/h2-5,7-8H,6H2,1H3,(H,16,17). The van der Waals surface area contributed by atoms with E-state index in [9.17, 15) is 4.79 Å². The molecule has 0 aliphatic heterocycles. The van der Waals surface area contributed by atoms with Crippen molar-refractivity contribution in [1.82, 2.24) is 4.98 Å². The van der Waals surface area contributed by atoms with E-state index in [1.54, 1.807) is 0 Å². The molecule has 1 atom stereocenters. The highest BCUT2D eigenvalue weighted by Crippen LogP contribution is 2.26. The lowest BCUT2D eigenvalue weighted by Gasteiger charge is -2.11. The Hall–Kier alpha value is -1.81. The first kappa shape index (κ1) is 12.6. The van der Waals surface area contributed by atoms with Gasteiger partial charge in [0.1, 0.15) is 6.26 Å². The minimum Gasteiger partial charge on any atom is -0.476 e. The van der Waals surface area contributed by atoms with Crippen molar-refractivity contribution < 1.29 is 14.3 Å². The molecule has 18 heavy (non-hydrogen) atoms. The topological polar surface area (TPSA) is 63.3 Å². The van der Waals surface area contributed by atoms with Crippen molar-refractivity contribution >= 4 is 17.6 Å². The van der Waals surface area contributed by atoms with Crippen molar-refractivity contribution in [2.24, 2.45) is 0 Å². The average Bonchev–Trinajstić information content (AvgIpc) is 2.78. The summed E-state index contributed by atoms with van der Waals surface area (Å²) in [5.41, 5.74) is 0.922. The molecule has 94 valence electrons. The van der Waals surface area contributed by atoms with Crippen LogP contribution in [0.25, 0.3) is 0 Å². The van der Waals surface area contributed by atoms with Gasteiger partial charge in [-0.2, -0.15) is 0 Å². The fourth-order valence-electron chi connectivity index (χ4n) is 1.75. The summed E-state index contributed by atoms with van der Waals surface area (Å²) in [6, 6.07) is 7.54. The Morgan fingerprint density at radius 3 is 2.83 bits per heavy atom. The van der Waals surface area contributed by atoms with Crippen LogP contribution in [0, 0.1) is 0 Å². The summed E-state index contributed by atoms with van der Waals surface area (Å²) in [4.78, 5) is 14.6. The SMILES string of the molecule is CC(Cc1nc(C(=O)O)co1)c1ccccc1Cl. The van der Waals surface area contributed by atoms with Gasteiger partial charge in [-0.15, -0.1) is 0 Å².